The SMILES string of the molecule is CCC(CC1CC1)NCc1cc([N+](=O)[O-])ccc1Cl. The maximum absolute atomic E-state index is 10.8. The van der Waals surface area contributed by atoms with Gasteiger partial charge in [-0.2, -0.15) is 0 Å². The van der Waals surface area contributed by atoms with E-state index in [4.69, 9.17) is 11.6 Å². The van der Waals surface area contributed by atoms with Crippen LogP contribution in [0.2, 0.25) is 5.02 Å². The highest BCUT2D eigenvalue weighted by molar-refractivity contribution is 6.31. The molecule has 1 aliphatic rings. The van der Waals surface area contributed by atoms with E-state index in [0.29, 0.717) is 17.6 Å². The Hall–Kier alpha value is -1.13. The van der Waals surface area contributed by atoms with E-state index >= 15 is 0 Å². The summed E-state index contributed by atoms with van der Waals surface area (Å²) in [5.74, 6) is 0.873. The van der Waals surface area contributed by atoms with Gasteiger partial charge in [0, 0.05) is 29.7 Å². The topological polar surface area (TPSA) is 55.2 Å². The maximum atomic E-state index is 10.8. The number of hydrogen-bond acceptors (Lipinski definition) is 3. The summed E-state index contributed by atoms with van der Waals surface area (Å²) in [6.45, 7) is 2.75. The van der Waals surface area contributed by atoms with E-state index in [1.54, 1.807) is 12.1 Å². The molecule has 2 rings (SSSR count). The molecule has 1 aliphatic carbocycles. The molecule has 0 amide bonds. The molecule has 0 bridgehead atoms. The Bertz CT molecular complexity index is 461. The summed E-state index contributed by atoms with van der Waals surface area (Å²) >= 11 is 6.08. The van der Waals surface area contributed by atoms with E-state index in [1.807, 2.05) is 0 Å². The first-order valence-electron chi connectivity index (χ1n) is 6.76. The van der Waals surface area contributed by atoms with Gasteiger partial charge in [-0.05, 0) is 30.4 Å². The van der Waals surface area contributed by atoms with Crippen molar-refractivity contribution in [3.05, 3.63) is 38.9 Å². The van der Waals surface area contributed by atoms with Gasteiger partial charge in [-0.25, -0.2) is 0 Å². The lowest BCUT2D eigenvalue weighted by atomic mass is 10.1. The molecule has 5 heteroatoms. The third kappa shape index (κ3) is 4.18. The Kier molecular flexibility index (Phi) is 4.77. The molecule has 19 heavy (non-hydrogen) atoms. The number of nitro groups is 1. The molecule has 104 valence electrons. The zero-order chi connectivity index (χ0) is 13.8. The molecule has 1 atom stereocenters. The quantitative estimate of drug-likeness (QED) is 0.609. The van der Waals surface area contributed by atoms with Crippen LogP contribution >= 0.6 is 11.6 Å². The van der Waals surface area contributed by atoms with Crippen LogP contribution in [0.4, 0.5) is 5.69 Å². The molecule has 1 saturated carbocycles. The van der Waals surface area contributed by atoms with Gasteiger partial charge >= 0.3 is 0 Å². The van der Waals surface area contributed by atoms with Gasteiger partial charge in [0.2, 0.25) is 0 Å². The molecule has 1 aromatic rings. The van der Waals surface area contributed by atoms with E-state index in [-0.39, 0.29) is 10.6 Å². The fourth-order valence-corrected chi connectivity index (χ4v) is 2.40. The first-order chi connectivity index (χ1) is 9.10. The van der Waals surface area contributed by atoms with Crippen molar-refractivity contribution >= 4 is 17.3 Å². The van der Waals surface area contributed by atoms with Gasteiger partial charge < -0.3 is 5.32 Å². The summed E-state index contributed by atoms with van der Waals surface area (Å²) in [5, 5.41) is 14.8. The van der Waals surface area contributed by atoms with Gasteiger partial charge in [0.1, 0.15) is 0 Å². The Morgan fingerprint density at radius 1 is 1.53 bits per heavy atom. The second-order valence-corrected chi connectivity index (χ2v) is 5.61. The number of rotatable bonds is 7. The average Bonchev–Trinajstić information content (AvgIpc) is 3.19. The summed E-state index contributed by atoms with van der Waals surface area (Å²) in [6.07, 6.45) is 4.96. The lowest BCUT2D eigenvalue weighted by Crippen LogP contribution is -2.28. The van der Waals surface area contributed by atoms with Gasteiger partial charge in [-0.15, -0.1) is 0 Å². The molecule has 4 nitrogen and oxygen atoms in total. The molecule has 0 saturated heterocycles. The van der Waals surface area contributed by atoms with Gasteiger partial charge in [-0.3, -0.25) is 10.1 Å². The standard InChI is InChI=1S/C14H19ClN2O2/c1-2-12(7-10-3-4-10)16-9-11-8-13(17(18)19)5-6-14(11)15/h5-6,8,10,12,16H,2-4,7,9H2,1H3. The highest BCUT2D eigenvalue weighted by Gasteiger charge is 2.24. The number of nitrogens with zero attached hydrogens (tertiary/aromatic N) is 1. The van der Waals surface area contributed by atoms with E-state index in [0.717, 1.165) is 17.9 Å². The second-order valence-electron chi connectivity index (χ2n) is 5.20. The average molecular weight is 283 g/mol. The fourth-order valence-electron chi connectivity index (χ4n) is 2.21. The minimum Gasteiger partial charge on any atom is -0.310 e. The normalized spacial score (nSPS) is 16.3. The van der Waals surface area contributed by atoms with Crippen molar-refractivity contribution in [1.82, 2.24) is 5.32 Å². The Morgan fingerprint density at radius 2 is 2.26 bits per heavy atom. The zero-order valence-corrected chi connectivity index (χ0v) is 11.8. The minimum atomic E-state index is -0.388. The summed E-state index contributed by atoms with van der Waals surface area (Å²) in [7, 11) is 0. The number of nitro benzene ring substituents is 1. The number of hydrogen-bond donors (Lipinski definition) is 1. The molecular weight excluding hydrogens is 264 g/mol. The van der Waals surface area contributed by atoms with Crippen molar-refractivity contribution in [2.45, 2.75) is 45.2 Å². The molecular formula is C14H19ClN2O2. The van der Waals surface area contributed by atoms with Crippen LogP contribution in [0, 0.1) is 16.0 Å². The molecule has 0 aromatic heterocycles. The van der Waals surface area contributed by atoms with Crippen LogP contribution in [0.15, 0.2) is 18.2 Å². The summed E-state index contributed by atoms with van der Waals surface area (Å²) < 4.78 is 0. The number of benzene rings is 1. The van der Waals surface area contributed by atoms with E-state index < -0.39 is 0 Å². The Balaban J connectivity index is 1.96. The largest absolute Gasteiger partial charge is 0.310 e. The molecule has 1 aromatic carbocycles. The van der Waals surface area contributed by atoms with Crippen molar-refractivity contribution < 1.29 is 4.92 Å². The smallest absolute Gasteiger partial charge is 0.269 e. The van der Waals surface area contributed by atoms with Crippen molar-refractivity contribution in [2.75, 3.05) is 0 Å². The summed E-state index contributed by atoms with van der Waals surface area (Å²) in [5.41, 5.74) is 0.890. The molecule has 1 fully saturated rings. The van der Waals surface area contributed by atoms with Crippen molar-refractivity contribution in [3.63, 3.8) is 0 Å². The summed E-state index contributed by atoms with van der Waals surface area (Å²) in [6, 6.07) is 5.06. The van der Waals surface area contributed by atoms with Crippen LogP contribution in [0.5, 0.6) is 0 Å². The predicted octanol–water partition coefficient (Wildman–Crippen LogP) is 3.92. The molecule has 0 heterocycles. The number of halogens is 1. The molecule has 1 N–H and O–H groups in total. The molecule has 0 aliphatic heterocycles. The van der Waals surface area contributed by atoms with Gasteiger partial charge in [0.25, 0.3) is 5.69 Å². The monoisotopic (exact) mass is 282 g/mol. The third-order valence-corrected chi connectivity index (χ3v) is 4.00. The minimum absolute atomic E-state index is 0.0939. The number of non-ortho nitro benzene ring substituents is 1. The highest BCUT2D eigenvalue weighted by Crippen LogP contribution is 2.34. The van der Waals surface area contributed by atoms with E-state index in [9.17, 15) is 10.1 Å². The third-order valence-electron chi connectivity index (χ3n) is 3.63. The van der Waals surface area contributed by atoms with E-state index in [1.165, 1.54) is 25.3 Å². The summed E-state index contributed by atoms with van der Waals surface area (Å²) in [4.78, 5) is 10.4. The van der Waals surface area contributed by atoms with E-state index in [2.05, 4.69) is 12.2 Å². The van der Waals surface area contributed by atoms with Gasteiger partial charge in [-0.1, -0.05) is 31.4 Å². The Labute approximate surface area is 118 Å². The predicted molar refractivity (Wildman–Crippen MR) is 76.4 cm³/mol. The fraction of sp³-hybridized carbons (Fsp3) is 0.571. The molecule has 0 radical (unpaired) electrons. The van der Waals surface area contributed by atoms with Crippen LogP contribution in [0.25, 0.3) is 0 Å². The zero-order valence-electron chi connectivity index (χ0n) is 11.1. The lowest BCUT2D eigenvalue weighted by Gasteiger charge is -2.17. The van der Waals surface area contributed by atoms with Crippen LogP contribution in [-0.4, -0.2) is 11.0 Å². The van der Waals surface area contributed by atoms with Crippen LogP contribution < -0.4 is 5.32 Å². The second kappa shape index (κ2) is 6.35. The maximum Gasteiger partial charge on any atom is 0.269 e. The van der Waals surface area contributed by atoms with Gasteiger partial charge in [0.05, 0.1) is 4.92 Å². The first kappa shape index (κ1) is 14.3. The molecule has 0 spiro atoms. The number of nitrogens with one attached hydrogen (secondary N) is 1. The molecule has 1 unspecified atom stereocenters. The van der Waals surface area contributed by atoms with Crippen molar-refractivity contribution in [3.8, 4) is 0 Å². The van der Waals surface area contributed by atoms with Crippen molar-refractivity contribution in [1.29, 1.82) is 0 Å². The van der Waals surface area contributed by atoms with Crippen LogP contribution in [-0.2, 0) is 6.54 Å². The van der Waals surface area contributed by atoms with Crippen molar-refractivity contribution in [2.24, 2.45) is 5.92 Å². The highest BCUT2D eigenvalue weighted by atomic mass is 35.5. The van der Waals surface area contributed by atoms with Gasteiger partial charge in [0.15, 0.2) is 0 Å². The lowest BCUT2D eigenvalue weighted by molar-refractivity contribution is -0.384. The van der Waals surface area contributed by atoms with Crippen LogP contribution in [0.1, 0.15) is 38.2 Å². The van der Waals surface area contributed by atoms with Crippen LogP contribution in [0.3, 0.4) is 0 Å². The Morgan fingerprint density at radius 3 is 2.84 bits per heavy atom. The first-order valence-corrected chi connectivity index (χ1v) is 7.14.